The number of amides is 1. The van der Waals surface area contributed by atoms with E-state index < -0.39 is 32.5 Å². The molecule has 1 amide bonds. The zero-order chi connectivity index (χ0) is 22.3. The third kappa shape index (κ3) is 6.00. The smallest absolute Gasteiger partial charge is 0.255 e. The van der Waals surface area contributed by atoms with Crippen LogP contribution in [0.15, 0.2) is 41.3 Å². The van der Waals surface area contributed by atoms with Gasteiger partial charge in [0.25, 0.3) is 5.91 Å². The van der Waals surface area contributed by atoms with Crippen molar-refractivity contribution in [3.05, 3.63) is 58.6 Å². The molecule has 0 aliphatic rings. The number of nitrogens with zero attached hydrogens (tertiary/aromatic N) is 1. The molecule has 0 bridgehead atoms. The Morgan fingerprint density at radius 1 is 1.00 bits per heavy atom. The Kier molecular flexibility index (Phi) is 8.76. The number of carbonyl (C=O) groups excluding carboxylic acids is 1. The molecule has 0 aromatic heterocycles. The van der Waals surface area contributed by atoms with Gasteiger partial charge in [0.05, 0.1) is 5.02 Å². The summed E-state index contributed by atoms with van der Waals surface area (Å²) in [6, 6.07) is 6.81. The van der Waals surface area contributed by atoms with Crippen molar-refractivity contribution in [1.82, 2.24) is 4.31 Å². The van der Waals surface area contributed by atoms with Crippen molar-refractivity contribution in [2.75, 3.05) is 18.4 Å². The van der Waals surface area contributed by atoms with E-state index in [4.69, 9.17) is 11.6 Å². The molecule has 5 nitrogen and oxygen atoms in total. The van der Waals surface area contributed by atoms with E-state index in [1.165, 1.54) is 22.5 Å². The first-order valence-corrected chi connectivity index (χ1v) is 11.6. The molecule has 0 radical (unpaired) electrons. The van der Waals surface area contributed by atoms with Gasteiger partial charge in [-0.05, 0) is 49.2 Å². The largest absolute Gasteiger partial charge is 0.322 e. The standard InChI is InChI=1S/C21H25ClF2N2O3S/c1-3-5-11-26(12-6-4-2)30(28,29)20-13-15(7-9-19(20)24)21(27)25-16-8-10-18(23)17(22)14-16/h7-10,13-14H,3-6,11-12H2,1-2H3,(H,25,27). The Balaban J connectivity index is 2.33. The van der Waals surface area contributed by atoms with E-state index in [9.17, 15) is 22.0 Å². The predicted octanol–water partition coefficient (Wildman–Crippen LogP) is 5.46. The van der Waals surface area contributed by atoms with Gasteiger partial charge in [-0.25, -0.2) is 17.2 Å². The highest BCUT2D eigenvalue weighted by molar-refractivity contribution is 7.89. The van der Waals surface area contributed by atoms with E-state index in [-0.39, 0.29) is 29.4 Å². The highest BCUT2D eigenvalue weighted by Gasteiger charge is 2.28. The molecule has 0 unspecified atom stereocenters. The summed E-state index contributed by atoms with van der Waals surface area (Å²) in [7, 11) is -4.11. The molecule has 0 heterocycles. The van der Waals surface area contributed by atoms with Gasteiger partial charge in [-0.2, -0.15) is 4.31 Å². The fourth-order valence-electron chi connectivity index (χ4n) is 2.78. The molecule has 2 aromatic rings. The van der Waals surface area contributed by atoms with Crippen molar-refractivity contribution in [1.29, 1.82) is 0 Å². The number of benzene rings is 2. The fourth-order valence-corrected chi connectivity index (χ4v) is 4.57. The van der Waals surface area contributed by atoms with E-state index in [0.29, 0.717) is 12.8 Å². The van der Waals surface area contributed by atoms with Crippen LogP contribution >= 0.6 is 11.6 Å². The Bertz CT molecular complexity index is 992. The van der Waals surface area contributed by atoms with Gasteiger partial charge in [0, 0.05) is 24.3 Å². The molecule has 2 rings (SSSR count). The van der Waals surface area contributed by atoms with E-state index in [1.54, 1.807) is 0 Å². The SMILES string of the molecule is CCCCN(CCCC)S(=O)(=O)c1cc(C(=O)Nc2ccc(F)c(Cl)c2)ccc1F. The predicted molar refractivity (Wildman–Crippen MR) is 114 cm³/mol. The van der Waals surface area contributed by atoms with Gasteiger partial charge in [0.1, 0.15) is 16.5 Å². The number of halogens is 3. The third-order valence-corrected chi connectivity index (χ3v) is 6.71. The van der Waals surface area contributed by atoms with Crippen LogP contribution in [0.4, 0.5) is 14.5 Å². The molecule has 9 heteroatoms. The molecule has 2 aromatic carbocycles. The van der Waals surface area contributed by atoms with Crippen LogP contribution in [-0.4, -0.2) is 31.7 Å². The number of hydrogen-bond acceptors (Lipinski definition) is 3. The summed E-state index contributed by atoms with van der Waals surface area (Å²) in [5.74, 6) is -2.22. The van der Waals surface area contributed by atoms with Crippen LogP contribution in [0.5, 0.6) is 0 Å². The third-order valence-electron chi connectivity index (χ3n) is 4.51. The van der Waals surface area contributed by atoms with Gasteiger partial charge in [-0.15, -0.1) is 0 Å². The molecule has 0 saturated heterocycles. The monoisotopic (exact) mass is 458 g/mol. The van der Waals surface area contributed by atoms with Gasteiger partial charge in [-0.1, -0.05) is 38.3 Å². The van der Waals surface area contributed by atoms with Crippen LogP contribution in [0.1, 0.15) is 49.9 Å². The van der Waals surface area contributed by atoms with Crippen molar-refractivity contribution < 1.29 is 22.0 Å². The van der Waals surface area contributed by atoms with Gasteiger partial charge in [0.15, 0.2) is 0 Å². The summed E-state index contributed by atoms with van der Waals surface area (Å²) >= 11 is 5.71. The highest BCUT2D eigenvalue weighted by Crippen LogP contribution is 2.24. The highest BCUT2D eigenvalue weighted by atomic mass is 35.5. The first-order chi connectivity index (χ1) is 14.2. The first kappa shape index (κ1) is 24.2. The number of carbonyl (C=O) groups is 1. The minimum Gasteiger partial charge on any atom is -0.322 e. The minimum absolute atomic E-state index is 0.0404. The van der Waals surface area contributed by atoms with Crippen LogP contribution in [-0.2, 0) is 10.0 Å². The van der Waals surface area contributed by atoms with Crippen LogP contribution in [0.25, 0.3) is 0 Å². The van der Waals surface area contributed by atoms with Crippen LogP contribution < -0.4 is 5.32 Å². The van der Waals surface area contributed by atoms with Crippen molar-refractivity contribution in [3.63, 3.8) is 0 Å². The minimum atomic E-state index is -4.11. The molecule has 164 valence electrons. The molecule has 0 fully saturated rings. The number of nitrogens with one attached hydrogen (secondary N) is 1. The van der Waals surface area contributed by atoms with Gasteiger partial charge >= 0.3 is 0 Å². The van der Waals surface area contributed by atoms with E-state index in [1.807, 2.05) is 13.8 Å². The van der Waals surface area contributed by atoms with Crippen LogP contribution in [0, 0.1) is 11.6 Å². The fraction of sp³-hybridized carbons (Fsp3) is 0.381. The normalized spacial score (nSPS) is 11.7. The zero-order valence-electron chi connectivity index (χ0n) is 16.9. The Labute approximate surface area is 181 Å². The lowest BCUT2D eigenvalue weighted by Gasteiger charge is -2.22. The molecule has 0 atom stereocenters. The van der Waals surface area contributed by atoms with Gasteiger partial charge < -0.3 is 5.32 Å². The molecule has 30 heavy (non-hydrogen) atoms. The molecule has 0 saturated carbocycles. The zero-order valence-corrected chi connectivity index (χ0v) is 18.5. The Morgan fingerprint density at radius 2 is 1.60 bits per heavy atom. The quantitative estimate of drug-likeness (QED) is 0.514. The number of anilines is 1. The Hall–Kier alpha value is -2.03. The summed E-state index contributed by atoms with van der Waals surface area (Å²) < 4.78 is 55.2. The van der Waals surface area contributed by atoms with Crippen LogP contribution in [0.3, 0.4) is 0 Å². The lowest BCUT2D eigenvalue weighted by Crippen LogP contribution is -2.33. The second-order valence-electron chi connectivity index (χ2n) is 6.84. The maximum atomic E-state index is 14.5. The maximum absolute atomic E-state index is 14.5. The van der Waals surface area contributed by atoms with Crippen molar-refractivity contribution in [2.45, 2.75) is 44.4 Å². The van der Waals surface area contributed by atoms with Gasteiger partial charge in [0.2, 0.25) is 10.0 Å². The maximum Gasteiger partial charge on any atom is 0.255 e. The van der Waals surface area contributed by atoms with Crippen LogP contribution in [0.2, 0.25) is 5.02 Å². The summed E-state index contributed by atoms with van der Waals surface area (Å²) in [5, 5.41) is 2.33. The molecular formula is C21H25ClF2N2O3S. The van der Waals surface area contributed by atoms with E-state index in [0.717, 1.165) is 31.0 Å². The second kappa shape index (κ2) is 10.8. The Morgan fingerprint density at radius 3 is 2.17 bits per heavy atom. The molecule has 0 aliphatic carbocycles. The summed E-state index contributed by atoms with van der Waals surface area (Å²) in [6.07, 6.45) is 2.89. The number of rotatable bonds is 10. The van der Waals surface area contributed by atoms with Crippen molar-refractivity contribution in [3.8, 4) is 0 Å². The van der Waals surface area contributed by atoms with Crippen molar-refractivity contribution >= 4 is 33.2 Å². The average Bonchev–Trinajstić information content (AvgIpc) is 2.70. The summed E-state index contributed by atoms with van der Waals surface area (Å²) in [5.41, 5.74) is 0.189. The number of hydrogen-bond donors (Lipinski definition) is 1. The molecule has 0 spiro atoms. The van der Waals surface area contributed by atoms with E-state index in [2.05, 4.69) is 5.32 Å². The summed E-state index contributed by atoms with van der Waals surface area (Å²) in [4.78, 5) is 12.0. The molecule has 1 N–H and O–H groups in total. The number of unbranched alkanes of at least 4 members (excludes halogenated alkanes) is 2. The van der Waals surface area contributed by atoms with E-state index >= 15 is 0 Å². The second-order valence-corrected chi connectivity index (χ2v) is 9.15. The van der Waals surface area contributed by atoms with Crippen molar-refractivity contribution in [2.24, 2.45) is 0 Å². The average molecular weight is 459 g/mol. The lowest BCUT2D eigenvalue weighted by molar-refractivity contribution is 0.102. The lowest BCUT2D eigenvalue weighted by atomic mass is 10.2. The summed E-state index contributed by atoms with van der Waals surface area (Å²) in [6.45, 7) is 4.45. The van der Waals surface area contributed by atoms with Gasteiger partial charge in [-0.3, -0.25) is 4.79 Å². The molecular weight excluding hydrogens is 434 g/mol. The first-order valence-electron chi connectivity index (χ1n) is 9.76. The molecule has 0 aliphatic heterocycles. The number of sulfonamides is 1. The topological polar surface area (TPSA) is 66.5 Å².